The molecule has 0 aromatic heterocycles. The van der Waals surface area contributed by atoms with E-state index in [4.69, 9.17) is 4.74 Å². The van der Waals surface area contributed by atoms with Crippen LogP contribution < -0.4 is 10.1 Å². The van der Waals surface area contributed by atoms with Gasteiger partial charge in [-0.25, -0.2) is 8.78 Å². The highest BCUT2D eigenvalue weighted by molar-refractivity contribution is 5.48. The molecule has 1 saturated heterocycles. The molecule has 2 N–H and O–H groups in total. The van der Waals surface area contributed by atoms with Crippen LogP contribution >= 0.6 is 0 Å². The molecule has 0 saturated carbocycles. The van der Waals surface area contributed by atoms with Crippen LogP contribution in [0.15, 0.2) is 12.1 Å². The number of phenolic OH excluding ortho intramolecular Hbond substituents is 1. The lowest BCUT2D eigenvalue weighted by Crippen LogP contribution is -2.26. The summed E-state index contributed by atoms with van der Waals surface area (Å²) < 4.78 is 30.8. The molecule has 3 nitrogen and oxygen atoms in total. The van der Waals surface area contributed by atoms with Crippen LogP contribution in [0.2, 0.25) is 0 Å². The molecule has 1 fully saturated rings. The zero-order chi connectivity index (χ0) is 13.1. The molecule has 0 atom stereocenters. The largest absolute Gasteiger partial charge is 0.507 e. The van der Waals surface area contributed by atoms with E-state index in [1.807, 2.05) is 0 Å². The lowest BCUT2D eigenvalue weighted by atomic mass is 9.88. The maximum atomic E-state index is 12.9. The molecule has 2 rings (SSSR count). The van der Waals surface area contributed by atoms with Crippen molar-refractivity contribution in [2.75, 3.05) is 20.2 Å². The topological polar surface area (TPSA) is 41.5 Å². The van der Waals surface area contributed by atoms with Crippen molar-refractivity contribution in [1.29, 1.82) is 0 Å². The molecule has 1 aliphatic heterocycles. The smallest absolute Gasteiger partial charge is 0.267 e. The van der Waals surface area contributed by atoms with Gasteiger partial charge >= 0.3 is 0 Å². The standard InChI is InChI=1S/C13H17F2NO2/c1-18-9-6-10(8-2-4-16-5-3-8)12(17)11(7-9)13(14)15/h6-8,13,16-17H,2-5H2,1H3. The van der Waals surface area contributed by atoms with Gasteiger partial charge in [-0.05, 0) is 44.0 Å². The van der Waals surface area contributed by atoms with E-state index in [1.165, 1.54) is 13.2 Å². The van der Waals surface area contributed by atoms with Gasteiger partial charge in [0.2, 0.25) is 0 Å². The Labute approximate surface area is 105 Å². The molecule has 1 aromatic rings. The average molecular weight is 257 g/mol. The molecule has 1 heterocycles. The van der Waals surface area contributed by atoms with E-state index < -0.39 is 6.43 Å². The first-order chi connectivity index (χ1) is 8.63. The molecule has 18 heavy (non-hydrogen) atoms. The van der Waals surface area contributed by atoms with Gasteiger partial charge in [-0.2, -0.15) is 0 Å². The molecule has 0 radical (unpaired) electrons. The van der Waals surface area contributed by atoms with Gasteiger partial charge in [0.1, 0.15) is 11.5 Å². The van der Waals surface area contributed by atoms with Crippen molar-refractivity contribution in [2.24, 2.45) is 0 Å². The summed E-state index contributed by atoms with van der Waals surface area (Å²) in [6.07, 6.45) is -1.02. The summed E-state index contributed by atoms with van der Waals surface area (Å²) in [6, 6.07) is 2.86. The lowest BCUT2D eigenvalue weighted by Gasteiger charge is -2.25. The van der Waals surface area contributed by atoms with Gasteiger partial charge in [0.25, 0.3) is 6.43 Å². The van der Waals surface area contributed by atoms with Gasteiger partial charge in [0.05, 0.1) is 12.7 Å². The fourth-order valence-electron chi connectivity index (χ4n) is 2.38. The SMILES string of the molecule is COc1cc(C(F)F)c(O)c(C2CCNCC2)c1. The lowest BCUT2D eigenvalue weighted by molar-refractivity contribution is 0.146. The first-order valence-electron chi connectivity index (χ1n) is 6.03. The predicted octanol–water partition coefficient (Wildman–Crippen LogP) is 2.81. The molecule has 0 amide bonds. The monoisotopic (exact) mass is 257 g/mol. The number of hydrogen-bond donors (Lipinski definition) is 2. The zero-order valence-electron chi connectivity index (χ0n) is 10.2. The van der Waals surface area contributed by atoms with E-state index in [2.05, 4.69) is 5.32 Å². The minimum absolute atomic E-state index is 0.110. The predicted molar refractivity (Wildman–Crippen MR) is 64.5 cm³/mol. The third kappa shape index (κ3) is 2.56. The summed E-state index contributed by atoms with van der Waals surface area (Å²) in [6.45, 7) is 1.68. The summed E-state index contributed by atoms with van der Waals surface area (Å²) in [5.74, 6) is 0.202. The van der Waals surface area contributed by atoms with Crippen molar-refractivity contribution in [3.8, 4) is 11.5 Å². The van der Waals surface area contributed by atoms with Gasteiger partial charge in [-0.15, -0.1) is 0 Å². The summed E-state index contributed by atoms with van der Waals surface area (Å²) in [4.78, 5) is 0. The van der Waals surface area contributed by atoms with E-state index in [1.54, 1.807) is 6.07 Å². The minimum Gasteiger partial charge on any atom is -0.507 e. The van der Waals surface area contributed by atoms with Gasteiger partial charge in [-0.1, -0.05) is 0 Å². The number of alkyl halides is 2. The minimum atomic E-state index is -2.69. The van der Waals surface area contributed by atoms with Crippen molar-refractivity contribution in [2.45, 2.75) is 25.2 Å². The van der Waals surface area contributed by atoms with Gasteiger partial charge in [-0.3, -0.25) is 0 Å². The summed E-state index contributed by atoms with van der Waals surface area (Å²) in [5.41, 5.74) is 0.231. The Balaban J connectivity index is 2.40. The quantitative estimate of drug-likeness (QED) is 0.875. The van der Waals surface area contributed by atoms with Crippen LogP contribution in [0.3, 0.4) is 0 Å². The van der Waals surface area contributed by atoms with E-state index in [0.717, 1.165) is 25.9 Å². The van der Waals surface area contributed by atoms with Crippen molar-refractivity contribution in [3.63, 3.8) is 0 Å². The van der Waals surface area contributed by atoms with Crippen LogP contribution in [-0.4, -0.2) is 25.3 Å². The molecule has 0 unspecified atom stereocenters. The number of nitrogens with one attached hydrogen (secondary N) is 1. The second-order valence-corrected chi connectivity index (χ2v) is 4.48. The Morgan fingerprint density at radius 1 is 1.33 bits per heavy atom. The van der Waals surface area contributed by atoms with Gasteiger partial charge < -0.3 is 15.2 Å². The Hall–Kier alpha value is -1.36. The number of piperidine rings is 1. The third-order valence-electron chi connectivity index (χ3n) is 3.39. The Morgan fingerprint density at radius 3 is 2.56 bits per heavy atom. The fourth-order valence-corrected chi connectivity index (χ4v) is 2.38. The normalized spacial score (nSPS) is 17.1. The van der Waals surface area contributed by atoms with E-state index >= 15 is 0 Å². The number of methoxy groups -OCH3 is 1. The van der Waals surface area contributed by atoms with Crippen molar-refractivity contribution < 1.29 is 18.6 Å². The van der Waals surface area contributed by atoms with E-state index in [-0.39, 0.29) is 17.2 Å². The van der Waals surface area contributed by atoms with Crippen molar-refractivity contribution >= 4 is 0 Å². The van der Waals surface area contributed by atoms with E-state index in [0.29, 0.717) is 11.3 Å². The molecule has 100 valence electrons. The Kier molecular flexibility index (Phi) is 4.01. The van der Waals surface area contributed by atoms with Gasteiger partial charge in [0, 0.05) is 5.56 Å². The molecule has 0 aliphatic carbocycles. The Morgan fingerprint density at radius 2 is 2.00 bits per heavy atom. The maximum Gasteiger partial charge on any atom is 0.267 e. The third-order valence-corrected chi connectivity index (χ3v) is 3.39. The Bertz CT molecular complexity index is 418. The highest BCUT2D eigenvalue weighted by atomic mass is 19.3. The molecule has 0 spiro atoms. The number of hydrogen-bond acceptors (Lipinski definition) is 3. The molecule has 1 aromatic carbocycles. The van der Waals surface area contributed by atoms with E-state index in [9.17, 15) is 13.9 Å². The maximum absolute atomic E-state index is 12.9. The first-order valence-corrected chi connectivity index (χ1v) is 6.03. The number of aromatic hydroxyl groups is 1. The highest BCUT2D eigenvalue weighted by Crippen LogP contribution is 2.40. The van der Waals surface area contributed by atoms with Crippen LogP contribution in [0.25, 0.3) is 0 Å². The number of rotatable bonds is 3. The molecular formula is C13H17F2NO2. The number of halogens is 2. The summed E-state index contributed by atoms with van der Waals surface area (Å²) >= 11 is 0. The fraction of sp³-hybridized carbons (Fsp3) is 0.538. The van der Waals surface area contributed by atoms with Crippen LogP contribution in [0.1, 0.15) is 36.3 Å². The molecule has 1 aliphatic rings. The second kappa shape index (κ2) is 5.52. The van der Waals surface area contributed by atoms with Crippen molar-refractivity contribution in [3.05, 3.63) is 23.3 Å². The number of phenols is 1. The van der Waals surface area contributed by atoms with Crippen LogP contribution in [0.5, 0.6) is 11.5 Å². The molecule has 0 bridgehead atoms. The first kappa shape index (κ1) is 13.1. The second-order valence-electron chi connectivity index (χ2n) is 4.48. The zero-order valence-corrected chi connectivity index (χ0v) is 10.2. The summed E-state index contributed by atoms with van der Waals surface area (Å²) in [5, 5.41) is 13.2. The highest BCUT2D eigenvalue weighted by Gasteiger charge is 2.24. The number of benzene rings is 1. The van der Waals surface area contributed by atoms with Crippen LogP contribution in [0, 0.1) is 0 Å². The van der Waals surface area contributed by atoms with Crippen LogP contribution in [0.4, 0.5) is 8.78 Å². The molecule has 5 heteroatoms. The van der Waals surface area contributed by atoms with Gasteiger partial charge in [0.15, 0.2) is 0 Å². The average Bonchev–Trinajstić information content (AvgIpc) is 2.39. The van der Waals surface area contributed by atoms with Crippen LogP contribution in [-0.2, 0) is 0 Å². The number of ether oxygens (including phenoxy) is 1. The molecular weight excluding hydrogens is 240 g/mol. The summed E-state index contributed by atoms with van der Waals surface area (Å²) in [7, 11) is 1.44. The van der Waals surface area contributed by atoms with Crippen molar-refractivity contribution in [1.82, 2.24) is 5.32 Å².